The van der Waals surface area contributed by atoms with Gasteiger partial charge in [0.05, 0.1) is 6.17 Å². The fourth-order valence-electron chi connectivity index (χ4n) is 4.14. The van der Waals surface area contributed by atoms with E-state index in [9.17, 15) is 4.79 Å². The Morgan fingerprint density at radius 1 is 1.45 bits per heavy atom. The lowest BCUT2D eigenvalue weighted by Crippen LogP contribution is -2.44. The van der Waals surface area contributed by atoms with Crippen molar-refractivity contribution < 1.29 is 4.79 Å². The maximum absolute atomic E-state index is 12.3. The zero-order valence-electron chi connectivity index (χ0n) is 13.6. The summed E-state index contributed by atoms with van der Waals surface area (Å²) in [5.74, 6) is 3.10. The standard InChI is InChI=1S/C16H28N4OS/c1-3-20-11(2)18-14-8-13(4-5-15(14)20)16(21)19-17-9-12-6-7-22-10-12/h9,11-15,18H,3-8,10H2,1-2H3,(H,19,21)/b17-9+. The van der Waals surface area contributed by atoms with Crippen LogP contribution in [-0.4, -0.2) is 53.3 Å². The predicted molar refractivity (Wildman–Crippen MR) is 92.0 cm³/mol. The van der Waals surface area contributed by atoms with Gasteiger partial charge in [0.2, 0.25) is 5.91 Å². The highest BCUT2D eigenvalue weighted by atomic mass is 32.2. The molecule has 0 aromatic rings. The Kier molecular flexibility index (Phi) is 5.42. The normalized spacial score (nSPS) is 39.3. The molecule has 5 atom stereocenters. The molecule has 0 aromatic carbocycles. The maximum atomic E-state index is 12.3. The van der Waals surface area contributed by atoms with Gasteiger partial charge in [0.1, 0.15) is 0 Å². The molecule has 0 aromatic heterocycles. The average molecular weight is 324 g/mol. The molecular formula is C16H28N4OS. The lowest BCUT2D eigenvalue weighted by atomic mass is 9.82. The Balaban J connectivity index is 1.48. The Labute approximate surface area is 137 Å². The minimum absolute atomic E-state index is 0.102. The highest BCUT2D eigenvalue weighted by Gasteiger charge is 2.42. The van der Waals surface area contributed by atoms with E-state index in [1.165, 1.54) is 12.2 Å². The van der Waals surface area contributed by atoms with Gasteiger partial charge in [0, 0.05) is 35.9 Å². The van der Waals surface area contributed by atoms with Crippen LogP contribution < -0.4 is 10.7 Å². The Hall–Kier alpha value is -0.590. The molecule has 2 aliphatic heterocycles. The van der Waals surface area contributed by atoms with Gasteiger partial charge in [0.15, 0.2) is 0 Å². The van der Waals surface area contributed by atoms with E-state index in [1.807, 2.05) is 18.0 Å². The largest absolute Gasteiger partial charge is 0.298 e. The van der Waals surface area contributed by atoms with Crippen molar-refractivity contribution >= 4 is 23.9 Å². The summed E-state index contributed by atoms with van der Waals surface area (Å²) in [6.45, 7) is 5.52. The number of thioether (sulfide) groups is 1. The van der Waals surface area contributed by atoms with Crippen LogP contribution in [0.3, 0.4) is 0 Å². The van der Waals surface area contributed by atoms with Crippen LogP contribution in [-0.2, 0) is 4.79 Å². The zero-order chi connectivity index (χ0) is 15.5. The Bertz CT molecular complexity index is 424. The Morgan fingerprint density at radius 3 is 3.05 bits per heavy atom. The Morgan fingerprint density at radius 2 is 2.32 bits per heavy atom. The van der Waals surface area contributed by atoms with Gasteiger partial charge in [-0.25, -0.2) is 5.43 Å². The summed E-state index contributed by atoms with van der Waals surface area (Å²) in [5, 5.41) is 7.84. The monoisotopic (exact) mass is 324 g/mol. The summed E-state index contributed by atoms with van der Waals surface area (Å²) in [7, 11) is 0. The van der Waals surface area contributed by atoms with Crippen molar-refractivity contribution in [1.29, 1.82) is 0 Å². The SMILES string of the molecule is CCN1C(C)NC2CC(C(=O)N/N=C/C3CCSC3)CCC21. The molecule has 0 bridgehead atoms. The highest BCUT2D eigenvalue weighted by molar-refractivity contribution is 7.99. The van der Waals surface area contributed by atoms with Gasteiger partial charge in [-0.1, -0.05) is 6.92 Å². The molecule has 3 rings (SSSR count). The summed E-state index contributed by atoms with van der Waals surface area (Å²) < 4.78 is 0. The summed E-state index contributed by atoms with van der Waals surface area (Å²) >= 11 is 1.97. The third kappa shape index (κ3) is 3.49. The van der Waals surface area contributed by atoms with Gasteiger partial charge in [0.25, 0.3) is 0 Å². The number of hydrogen-bond donors (Lipinski definition) is 2. The first kappa shape index (κ1) is 16.3. The number of hydrogen-bond acceptors (Lipinski definition) is 5. The first-order valence-electron chi connectivity index (χ1n) is 8.61. The van der Waals surface area contributed by atoms with E-state index in [0.29, 0.717) is 24.2 Å². The summed E-state index contributed by atoms with van der Waals surface area (Å²) in [5.41, 5.74) is 2.78. The van der Waals surface area contributed by atoms with Gasteiger partial charge in [-0.3, -0.25) is 15.0 Å². The van der Waals surface area contributed by atoms with Crippen LogP contribution in [0.1, 0.15) is 39.5 Å². The van der Waals surface area contributed by atoms with E-state index in [-0.39, 0.29) is 11.8 Å². The van der Waals surface area contributed by atoms with Crippen LogP contribution in [0, 0.1) is 11.8 Å². The van der Waals surface area contributed by atoms with Crippen molar-refractivity contribution in [3.8, 4) is 0 Å². The van der Waals surface area contributed by atoms with Crippen molar-refractivity contribution in [1.82, 2.24) is 15.6 Å². The van der Waals surface area contributed by atoms with Crippen LogP contribution in [0.25, 0.3) is 0 Å². The summed E-state index contributed by atoms with van der Waals surface area (Å²) in [4.78, 5) is 14.8. The number of rotatable bonds is 4. The van der Waals surface area contributed by atoms with Crippen molar-refractivity contribution in [3.05, 3.63) is 0 Å². The molecule has 5 unspecified atom stereocenters. The fourth-order valence-corrected chi connectivity index (χ4v) is 5.33. The summed E-state index contributed by atoms with van der Waals surface area (Å²) in [6.07, 6.45) is 6.57. The highest BCUT2D eigenvalue weighted by Crippen LogP contribution is 2.33. The van der Waals surface area contributed by atoms with E-state index < -0.39 is 0 Å². The molecule has 0 radical (unpaired) electrons. The molecule has 6 heteroatoms. The third-order valence-corrected chi connectivity index (χ3v) is 6.54. The van der Waals surface area contributed by atoms with Gasteiger partial charge >= 0.3 is 0 Å². The van der Waals surface area contributed by atoms with Crippen LogP contribution >= 0.6 is 11.8 Å². The molecule has 0 spiro atoms. The second-order valence-electron chi connectivity index (χ2n) is 6.73. The molecule has 3 aliphatic rings. The average Bonchev–Trinajstić information content (AvgIpc) is 3.12. The van der Waals surface area contributed by atoms with Crippen molar-refractivity contribution in [3.63, 3.8) is 0 Å². The van der Waals surface area contributed by atoms with Crippen LogP contribution in [0.2, 0.25) is 0 Å². The topological polar surface area (TPSA) is 56.7 Å². The number of hydrazone groups is 1. The number of likely N-dealkylation sites (N-methyl/N-ethyl adjacent to an activating group) is 1. The van der Waals surface area contributed by atoms with Crippen molar-refractivity contribution in [2.75, 3.05) is 18.1 Å². The third-order valence-electron chi connectivity index (χ3n) is 5.35. The van der Waals surface area contributed by atoms with E-state index in [1.54, 1.807) is 0 Å². The van der Waals surface area contributed by atoms with Crippen LogP contribution in [0.15, 0.2) is 5.10 Å². The van der Waals surface area contributed by atoms with E-state index in [0.717, 1.165) is 31.6 Å². The van der Waals surface area contributed by atoms with Gasteiger partial charge < -0.3 is 0 Å². The zero-order valence-corrected chi connectivity index (χ0v) is 14.4. The molecular weight excluding hydrogens is 296 g/mol. The van der Waals surface area contributed by atoms with E-state index >= 15 is 0 Å². The molecule has 5 nitrogen and oxygen atoms in total. The van der Waals surface area contributed by atoms with Crippen molar-refractivity contribution in [2.24, 2.45) is 16.9 Å². The van der Waals surface area contributed by atoms with Gasteiger partial charge in [-0.15, -0.1) is 0 Å². The lowest BCUT2D eigenvalue weighted by molar-refractivity contribution is -0.126. The van der Waals surface area contributed by atoms with Gasteiger partial charge in [-0.05, 0) is 44.9 Å². The van der Waals surface area contributed by atoms with E-state index in [2.05, 4.69) is 34.6 Å². The molecule has 1 aliphatic carbocycles. The first-order chi connectivity index (χ1) is 10.7. The summed E-state index contributed by atoms with van der Waals surface area (Å²) in [6, 6.07) is 1.05. The van der Waals surface area contributed by atoms with Crippen LogP contribution in [0.5, 0.6) is 0 Å². The predicted octanol–water partition coefficient (Wildman–Crippen LogP) is 1.65. The quantitative estimate of drug-likeness (QED) is 0.610. The molecule has 1 saturated carbocycles. The second-order valence-corrected chi connectivity index (χ2v) is 7.88. The molecule has 2 N–H and O–H groups in total. The maximum Gasteiger partial charge on any atom is 0.243 e. The van der Waals surface area contributed by atoms with E-state index in [4.69, 9.17) is 0 Å². The molecule has 22 heavy (non-hydrogen) atoms. The molecule has 124 valence electrons. The number of amides is 1. The molecule has 3 fully saturated rings. The van der Waals surface area contributed by atoms with Gasteiger partial charge in [-0.2, -0.15) is 16.9 Å². The van der Waals surface area contributed by atoms with Crippen LogP contribution in [0.4, 0.5) is 0 Å². The second kappa shape index (κ2) is 7.32. The number of nitrogens with one attached hydrogen (secondary N) is 2. The smallest absolute Gasteiger partial charge is 0.243 e. The molecule has 1 amide bonds. The molecule has 2 saturated heterocycles. The first-order valence-corrected chi connectivity index (χ1v) is 9.77. The lowest BCUT2D eigenvalue weighted by Gasteiger charge is -2.34. The minimum atomic E-state index is 0.102. The number of carbonyl (C=O) groups excluding carboxylic acids is 1. The minimum Gasteiger partial charge on any atom is -0.298 e. The molecule has 2 heterocycles. The number of carbonyl (C=O) groups is 1. The number of nitrogens with zero attached hydrogens (tertiary/aromatic N) is 2. The fraction of sp³-hybridized carbons (Fsp3) is 0.875. The van der Waals surface area contributed by atoms with Crippen molar-refractivity contribution in [2.45, 2.75) is 57.8 Å². The number of fused-ring (bicyclic) bond motifs is 1.